The fraction of sp³-hybridized carbons (Fsp3) is 1.00. The van der Waals surface area contributed by atoms with Crippen LogP contribution in [0, 0.1) is 5.92 Å². The van der Waals surface area contributed by atoms with Crippen molar-refractivity contribution in [1.82, 2.24) is 0 Å². The van der Waals surface area contributed by atoms with Crippen molar-refractivity contribution in [2.24, 2.45) is 5.92 Å². The Hall–Kier alpha value is 0.400. The summed E-state index contributed by atoms with van der Waals surface area (Å²) in [6, 6.07) is 0. The van der Waals surface area contributed by atoms with E-state index < -0.39 is 0 Å². The van der Waals surface area contributed by atoms with Crippen molar-refractivity contribution in [2.75, 3.05) is 13.7 Å². The van der Waals surface area contributed by atoms with E-state index in [0.717, 1.165) is 0 Å². The quantitative estimate of drug-likeness (QED) is 0.567. The molecular formula is C13H25BrO2. The molecule has 1 saturated carbocycles. The molecule has 3 heteroatoms. The molecule has 0 spiro atoms. The lowest BCUT2D eigenvalue weighted by Crippen LogP contribution is -2.34. The summed E-state index contributed by atoms with van der Waals surface area (Å²) in [6.07, 6.45) is 6.99. The van der Waals surface area contributed by atoms with Gasteiger partial charge in [0.05, 0.1) is 18.8 Å². The van der Waals surface area contributed by atoms with Gasteiger partial charge in [-0.15, -0.1) is 0 Å². The first kappa shape index (κ1) is 14.5. The molecule has 1 fully saturated rings. The first-order valence-electron chi connectivity index (χ1n) is 6.43. The van der Waals surface area contributed by atoms with Gasteiger partial charge < -0.3 is 9.47 Å². The van der Waals surface area contributed by atoms with Crippen LogP contribution in [0.5, 0.6) is 0 Å². The Morgan fingerprint density at radius 1 is 1.19 bits per heavy atom. The van der Waals surface area contributed by atoms with Crippen molar-refractivity contribution in [1.29, 1.82) is 0 Å². The largest absolute Gasteiger partial charge is 0.382 e. The molecule has 1 aliphatic rings. The standard InChI is InChI=1S/C13H25BrO2/c1-10(2)13(9-15-3)16-12-8-6-4-5-7-11(12)14/h10-13H,4-9H2,1-3H3. The number of hydrogen-bond acceptors (Lipinski definition) is 2. The van der Waals surface area contributed by atoms with Crippen LogP contribution in [-0.4, -0.2) is 30.8 Å². The van der Waals surface area contributed by atoms with Crippen LogP contribution < -0.4 is 0 Å². The van der Waals surface area contributed by atoms with Crippen LogP contribution in [0.15, 0.2) is 0 Å². The lowest BCUT2D eigenvalue weighted by atomic mass is 10.1. The van der Waals surface area contributed by atoms with Gasteiger partial charge in [0.1, 0.15) is 0 Å². The second kappa shape index (κ2) is 7.67. The Morgan fingerprint density at radius 2 is 1.88 bits per heavy atom. The fourth-order valence-electron chi connectivity index (χ4n) is 2.16. The molecule has 0 bridgehead atoms. The molecule has 0 aromatic rings. The van der Waals surface area contributed by atoms with Crippen LogP contribution in [0.2, 0.25) is 0 Å². The third-order valence-corrected chi connectivity index (χ3v) is 4.34. The van der Waals surface area contributed by atoms with Crippen molar-refractivity contribution in [2.45, 2.75) is 63.0 Å². The Balaban J connectivity index is 2.47. The highest BCUT2D eigenvalue weighted by Crippen LogP contribution is 2.27. The minimum absolute atomic E-state index is 0.230. The van der Waals surface area contributed by atoms with Crippen molar-refractivity contribution in [3.8, 4) is 0 Å². The number of ether oxygens (including phenoxy) is 2. The maximum atomic E-state index is 6.21. The van der Waals surface area contributed by atoms with Crippen molar-refractivity contribution in [3.05, 3.63) is 0 Å². The molecule has 0 amide bonds. The van der Waals surface area contributed by atoms with Crippen LogP contribution >= 0.6 is 15.9 Å². The van der Waals surface area contributed by atoms with E-state index in [4.69, 9.17) is 9.47 Å². The molecule has 1 aliphatic carbocycles. The predicted octanol–water partition coefficient (Wildman–Crippen LogP) is 3.77. The van der Waals surface area contributed by atoms with E-state index >= 15 is 0 Å². The van der Waals surface area contributed by atoms with Gasteiger partial charge in [0, 0.05) is 11.9 Å². The van der Waals surface area contributed by atoms with Gasteiger partial charge in [0.25, 0.3) is 0 Å². The topological polar surface area (TPSA) is 18.5 Å². The maximum absolute atomic E-state index is 6.21. The molecule has 3 unspecified atom stereocenters. The zero-order chi connectivity index (χ0) is 12.0. The lowest BCUT2D eigenvalue weighted by Gasteiger charge is -2.29. The second-order valence-corrected chi connectivity index (χ2v) is 6.24. The molecule has 0 heterocycles. The smallest absolute Gasteiger partial charge is 0.0835 e. The summed E-state index contributed by atoms with van der Waals surface area (Å²) in [5, 5.41) is 0. The van der Waals surface area contributed by atoms with Gasteiger partial charge in [-0.1, -0.05) is 49.0 Å². The highest BCUT2D eigenvalue weighted by Gasteiger charge is 2.26. The molecular weight excluding hydrogens is 268 g/mol. The van der Waals surface area contributed by atoms with Gasteiger partial charge in [-0.3, -0.25) is 0 Å². The van der Waals surface area contributed by atoms with E-state index in [1.807, 2.05) is 0 Å². The first-order chi connectivity index (χ1) is 7.65. The number of rotatable bonds is 5. The highest BCUT2D eigenvalue weighted by molar-refractivity contribution is 9.09. The zero-order valence-electron chi connectivity index (χ0n) is 10.7. The summed E-state index contributed by atoms with van der Waals surface area (Å²) < 4.78 is 11.4. The predicted molar refractivity (Wildman–Crippen MR) is 71.2 cm³/mol. The highest BCUT2D eigenvalue weighted by atomic mass is 79.9. The molecule has 0 aliphatic heterocycles. The van der Waals surface area contributed by atoms with Crippen LogP contribution in [0.4, 0.5) is 0 Å². The molecule has 0 saturated heterocycles. The summed E-state index contributed by atoms with van der Waals surface area (Å²) in [6.45, 7) is 5.10. The van der Waals surface area contributed by atoms with Crippen molar-refractivity contribution < 1.29 is 9.47 Å². The molecule has 16 heavy (non-hydrogen) atoms. The molecule has 2 nitrogen and oxygen atoms in total. The Kier molecular flexibility index (Phi) is 6.94. The van der Waals surface area contributed by atoms with Gasteiger partial charge in [0.2, 0.25) is 0 Å². The van der Waals surface area contributed by atoms with Crippen LogP contribution in [0.3, 0.4) is 0 Å². The Bertz CT molecular complexity index is 185. The number of methoxy groups -OCH3 is 1. The second-order valence-electron chi connectivity index (χ2n) is 5.07. The van der Waals surface area contributed by atoms with Crippen molar-refractivity contribution in [3.63, 3.8) is 0 Å². The summed E-state index contributed by atoms with van der Waals surface area (Å²) in [5.74, 6) is 0.517. The third-order valence-electron chi connectivity index (χ3n) is 3.30. The summed E-state index contributed by atoms with van der Waals surface area (Å²) in [4.78, 5) is 0.521. The minimum Gasteiger partial charge on any atom is -0.382 e. The number of halogens is 1. The van der Waals surface area contributed by atoms with Gasteiger partial charge in [0.15, 0.2) is 0 Å². The molecule has 0 aromatic carbocycles. The van der Waals surface area contributed by atoms with Gasteiger partial charge in [-0.25, -0.2) is 0 Å². The summed E-state index contributed by atoms with van der Waals surface area (Å²) in [7, 11) is 1.75. The van der Waals surface area contributed by atoms with E-state index in [-0.39, 0.29) is 6.10 Å². The van der Waals surface area contributed by atoms with Crippen LogP contribution in [0.1, 0.15) is 46.0 Å². The van der Waals surface area contributed by atoms with Crippen LogP contribution in [-0.2, 0) is 9.47 Å². The zero-order valence-corrected chi connectivity index (χ0v) is 12.3. The molecule has 0 N–H and O–H groups in total. The molecule has 1 rings (SSSR count). The molecule has 96 valence electrons. The molecule has 3 atom stereocenters. The van der Waals surface area contributed by atoms with Gasteiger partial charge in [-0.05, 0) is 18.8 Å². The van der Waals surface area contributed by atoms with E-state index in [2.05, 4.69) is 29.8 Å². The SMILES string of the molecule is COCC(OC1CCCCCC1Br)C(C)C. The van der Waals surface area contributed by atoms with Gasteiger partial charge in [-0.2, -0.15) is 0 Å². The van der Waals surface area contributed by atoms with Crippen LogP contribution in [0.25, 0.3) is 0 Å². The summed E-state index contributed by atoms with van der Waals surface area (Å²) >= 11 is 3.77. The maximum Gasteiger partial charge on any atom is 0.0835 e. The monoisotopic (exact) mass is 292 g/mol. The average molecular weight is 293 g/mol. The molecule has 0 aromatic heterocycles. The van der Waals surface area contributed by atoms with E-state index in [1.165, 1.54) is 32.1 Å². The fourth-order valence-corrected chi connectivity index (χ4v) is 2.87. The van der Waals surface area contributed by atoms with E-state index in [0.29, 0.717) is 23.5 Å². The van der Waals surface area contributed by atoms with Gasteiger partial charge >= 0.3 is 0 Å². The Labute approximate surface area is 108 Å². The third kappa shape index (κ3) is 4.72. The minimum atomic E-state index is 0.230. The first-order valence-corrected chi connectivity index (χ1v) is 7.35. The number of alkyl halides is 1. The number of hydrogen-bond donors (Lipinski definition) is 0. The molecule has 0 radical (unpaired) electrons. The Morgan fingerprint density at radius 3 is 2.50 bits per heavy atom. The van der Waals surface area contributed by atoms with E-state index in [9.17, 15) is 0 Å². The van der Waals surface area contributed by atoms with E-state index in [1.54, 1.807) is 7.11 Å². The lowest BCUT2D eigenvalue weighted by molar-refractivity contribution is -0.0710. The van der Waals surface area contributed by atoms with Crippen molar-refractivity contribution >= 4 is 15.9 Å². The normalized spacial score (nSPS) is 29.1. The summed E-state index contributed by atoms with van der Waals surface area (Å²) in [5.41, 5.74) is 0. The average Bonchev–Trinajstić information content (AvgIpc) is 2.43.